The molecule has 4 rings (SSSR count). The molecule has 0 N–H and O–H groups in total. The highest BCUT2D eigenvalue weighted by atomic mass is 79.9. The number of carbonyl (C=O) groups excluding carboxylic acids is 1. The summed E-state index contributed by atoms with van der Waals surface area (Å²) in [5, 5.41) is 0. The summed E-state index contributed by atoms with van der Waals surface area (Å²) in [5.41, 5.74) is 4.35. The standard InChI is InChI=1S/C17H13BrN4O/c1-10-20-14-7-11(9-23)8-19-16(14)17(21-10)22-6-5-12-13(18)3-2-4-15(12)22/h2-4,7-9H,5-6H2,1H3. The van der Waals surface area contributed by atoms with Crippen molar-refractivity contribution >= 4 is 44.8 Å². The van der Waals surface area contributed by atoms with Gasteiger partial charge in [0.15, 0.2) is 12.1 Å². The SMILES string of the molecule is Cc1nc(N2CCc3c(Br)cccc32)c2ncc(C=O)cc2n1. The highest BCUT2D eigenvalue weighted by Gasteiger charge is 2.25. The zero-order chi connectivity index (χ0) is 16.0. The third kappa shape index (κ3) is 2.30. The van der Waals surface area contributed by atoms with Gasteiger partial charge in [-0.25, -0.2) is 15.0 Å². The molecular weight excluding hydrogens is 356 g/mol. The fourth-order valence-corrected chi connectivity index (χ4v) is 3.55. The second-order valence-corrected chi connectivity index (χ2v) is 6.34. The monoisotopic (exact) mass is 368 g/mol. The van der Waals surface area contributed by atoms with E-state index >= 15 is 0 Å². The number of fused-ring (bicyclic) bond motifs is 2. The first-order chi connectivity index (χ1) is 11.2. The van der Waals surface area contributed by atoms with Gasteiger partial charge in [-0.3, -0.25) is 4.79 Å². The van der Waals surface area contributed by atoms with E-state index in [2.05, 4.69) is 47.9 Å². The number of aldehydes is 1. The van der Waals surface area contributed by atoms with E-state index < -0.39 is 0 Å². The van der Waals surface area contributed by atoms with Crippen molar-refractivity contribution in [3.8, 4) is 0 Å². The lowest BCUT2D eigenvalue weighted by molar-refractivity contribution is 0.112. The van der Waals surface area contributed by atoms with Gasteiger partial charge in [-0.05, 0) is 37.1 Å². The number of hydrogen-bond donors (Lipinski definition) is 0. The minimum atomic E-state index is 0.520. The van der Waals surface area contributed by atoms with Crippen molar-refractivity contribution in [1.82, 2.24) is 15.0 Å². The molecule has 1 aliphatic rings. The fraction of sp³-hybridized carbons (Fsp3) is 0.176. The molecule has 0 amide bonds. The van der Waals surface area contributed by atoms with E-state index in [-0.39, 0.29) is 0 Å². The first kappa shape index (κ1) is 14.3. The Balaban J connectivity index is 1.94. The van der Waals surface area contributed by atoms with Gasteiger partial charge in [0, 0.05) is 28.5 Å². The molecule has 1 aromatic carbocycles. The Labute approximate surface area is 141 Å². The average Bonchev–Trinajstić information content (AvgIpc) is 2.98. The van der Waals surface area contributed by atoms with Crippen molar-refractivity contribution in [2.45, 2.75) is 13.3 Å². The largest absolute Gasteiger partial charge is 0.324 e. The van der Waals surface area contributed by atoms with Crippen LogP contribution in [0, 0.1) is 6.92 Å². The maximum absolute atomic E-state index is 11.0. The Morgan fingerprint density at radius 3 is 3.00 bits per heavy atom. The quantitative estimate of drug-likeness (QED) is 0.646. The van der Waals surface area contributed by atoms with Crippen LogP contribution in [0.2, 0.25) is 0 Å². The van der Waals surface area contributed by atoms with Crippen LogP contribution in [0.25, 0.3) is 11.0 Å². The molecule has 0 fully saturated rings. The number of rotatable bonds is 2. The molecule has 1 aliphatic heterocycles. The molecule has 23 heavy (non-hydrogen) atoms. The first-order valence-electron chi connectivity index (χ1n) is 7.32. The summed E-state index contributed by atoms with van der Waals surface area (Å²) >= 11 is 3.62. The van der Waals surface area contributed by atoms with Crippen LogP contribution in [-0.4, -0.2) is 27.8 Å². The van der Waals surface area contributed by atoms with E-state index in [1.807, 2.05) is 13.0 Å². The zero-order valence-electron chi connectivity index (χ0n) is 12.5. The zero-order valence-corrected chi connectivity index (χ0v) is 14.0. The van der Waals surface area contributed by atoms with E-state index in [1.165, 1.54) is 5.56 Å². The summed E-state index contributed by atoms with van der Waals surface area (Å²) in [4.78, 5) is 26.6. The molecule has 0 bridgehead atoms. The third-order valence-electron chi connectivity index (χ3n) is 4.01. The van der Waals surface area contributed by atoms with Crippen LogP contribution in [0.3, 0.4) is 0 Å². The van der Waals surface area contributed by atoms with Crippen molar-refractivity contribution in [1.29, 1.82) is 0 Å². The maximum atomic E-state index is 11.0. The molecule has 114 valence electrons. The Morgan fingerprint density at radius 2 is 2.17 bits per heavy atom. The lowest BCUT2D eigenvalue weighted by atomic mass is 10.2. The van der Waals surface area contributed by atoms with Crippen LogP contribution in [0.4, 0.5) is 11.5 Å². The highest BCUT2D eigenvalue weighted by molar-refractivity contribution is 9.10. The molecule has 0 unspecified atom stereocenters. The molecule has 0 aliphatic carbocycles. The predicted molar refractivity (Wildman–Crippen MR) is 92.3 cm³/mol. The van der Waals surface area contributed by atoms with Crippen LogP contribution in [0.5, 0.6) is 0 Å². The third-order valence-corrected chi connectivity index (χ3v) is 4.76. The first-order valence-corrected chi connectivity index (χ1v) is 8.11. The number of halogens is 1. The Kier molecular flexibility index (Phi) is 3.34. The van der Waals surface area contributed by atoms with Crippen LogP contribution >= 0.6 is 15.9 Å². The fourth-order valence-electron chi connectivity index (χ4n) is 3.00. The molecule has 2 aromatic heterocycles. The summed E-state index contributed by atoms with van der Waals surface area (Å²) in [5.74, 6) is 1.46. The molecule has 5 nitrogen and oxygen atoms in total. The minimum absolute atomic E-state index is 0.520. The van der Waals surface area contributed by atoms with E-state index in [0.29, 0.717) is 22.4 Å². The lowest BCUT2D eigenvalue weighted by Gasteiger charge is -2.20. The minimum Gasteiger partial charge on any atom is -0.324 e. The molecule has 0 spiro atoms. The summed E-state index contributed by atoms with van der Waals surface area (Å²) < 4.78 is 1.11. The van der Waals surface area contributed by atoms with Gasteiger partial charge in [-0.2, -0.15) is 0 Å². The number of aromatic nitrogens is 3. The molecule has 6 heteroatoms. The molecule has 0 atom stereocenters. The Bertz CT molecular complexity index is 941. The van der Waals surface area contributed by atoms with Gasteiger partial charge in [0.2, 0.25) is 0 Å². The van der Waals surface area contributed by atoms with E-state index in [9.17, 15) is 4.79 Å². The van der Waals surface area contributed by atoms with Crippen LogP contribution in [0.15, 0.2) is 34.9 Å². The molecular formula is C17H13BrN4O. The smallest absolute Gasteiger partial charge is 0.163 e. The lowest BCUT2D eigenvalue weighted by Crippen LogP contribution is -2.16. The summed E-state index contributed by atoms with van der Waals surface area (Å²) in [6, 6.07) is 7.93. The van der Waals surface area contributed by atoms with Crippen molar-refractivity contribution < 1.29 is 4.79 Å². The van der Waals surface area contributed by atoms with Crippen molar-refractivity contribution in [2.75, 3.05) is 11.4 Å². The average molecular weight is 369 g/mol. The van der Waals surface area contributed by atoms with E-state index in [4.69, 9.17) is 0 Å². The molecule has 3 aromatic rings. The second kappa shape index (κ2) is 5.38. The molecule has 0 saturated carbocycles. The van der Waals surface area contributed by atoms with Gasteiger partial charge in [-0.15, -0.1) is 0 Å². The predicted octanol–water partition coefficient (Wildman–Crippen LogP) is 3.60. The maximum Gasteiger partial charge on any atom is 0.163 e. The number of carbonyl (C=O) groups is 1. The van der Waals surface area contributed by atoms with E-state index in [1.54, 1.807) is 12.3 Å². The van der Waals surface area contributed by atoms with Gasteiger partial charge in [0.05, 0.1) is 5.52 Å². The number of pyridine rings is 1. The van der Waals surface area contributed by atoms with Crippen LogP contribution < -0.4 is 4.90 Å². The topological polar surface area (TPSA) is 59.0 Å². The number of hydrogen-bond acceptors (Lipinski definition) is 5. The highest BCUT2D eigenvalue weighted by Crippen LogP contribution is 2.39. The number of aryl methyl sites for hydroxylation is 1. The number of nitrogens with zero attached hydrogens (tertiary/aromatic N) is 4. The van der Waals surface area contributed by atoms with Crippen molar-refractivity contribution in [3.05, 3.63) is 51.9 Å². The second-order valence-electron chi connectivity index (χ2n) is 5.49. The van der Waals surface area contributed by atoms with Crippen molar-refractivity contribution in [2.24, 2.45) is 0 Å². The normalized spacial score (nSPS) is 13.4. The Hall–Kier alpha value is -2.34. The van der Waals surface area contributed by atoms with Crippen LogP contribution in [0.1, 0.15) is 21.7 Å². The summed E-state index contributed by atoms with van der Waals surface area (Å²) in [6.45, 7) is 2.70. The number of anilines is 2. The summed E-state index contributed by atoms with van der Waals surface area (Å²) in [7, 11) is 0. The summed E-state index contributed by atoms with van der Waals surface area (Å²) in [6.07, 6.45) is 3.30. The van der Waals surface area contributed by atoms with Gasteiger partial charge in [0.25, 0.3) is 0 Å². The van der Waals surface area contributed by atoms with Gasteiger partial charge < -0.3 is 4.90 Å². The van der Waals surface area contributed by atoms with Gasteiger partial charge in [-0.1, -0.05) is 22.0 Å². The van der Waals surface area contributed by atoms with Gasteiger partial charge >= 0.3 is 0 Å². The van der Waals surface area contributed by atoms with Gasteiger partial charge in [0.1, 0.15) is 11.3 Å². The molecule has 0 radical (unpaired) electrons. The molecule has 3 heterocycles. The van der Waals surface area contributed by atoms with Crippen molar-refractivity contribution in [3.63, 3.8) is 0 Å². The number of benzene rings is 1. The van der Waals surface area contributed by atoms with Crippen LogP contribution in [-0.2, 0) is 6.42 Å². The molecule has 0 saturated heterocycles. The Morgan fingerprint density at radius 1 is 1.30 bits per heavy atom. The van der Waals surface area contributed by atoms with E-state index in [0.717, 1.165) is 35.2 Å².